The van der Waals surface area contributed by atoms with Crippen molar-refractivity contribution in [2.75, 3.05) is 26.2 Å². The maximum Gasteiger partial charge on any atom is 0.317 e. The second-order valence-corrected chi connectivity index (χ2v) is 5.92. The van der Waals surface area contributed by atoms with Gasteiger partial charge in [0.1, 0.15) is 5.75 Å². The van der Waals surface area contributed by atoms with Crippen LogP contribution in [0.4, 0.5) is 4.79 Å². The van der Waals surface area contributed by atoms with Gasteiger partial charge in [-0.15, -0.1) is 0 Å². The average Bonchev–Trinajstić information content (AvgIpc) is 2.60. The maximum absolute atomic E-state index is 12.4. The van der Waals surface area contributed by atoms with Gasteiger partial charge in [0.05, 0.1) is 12.5 Å². The Morgan fingerprint density at radius 2 is 2.12 bits per heavy atom. The Morgan fingerprint density at radius 3 is 2.88 bits per heavy atom. The van der Waals surface area contributed by atoms with E-state index in [1.807, 2.05) is 38.1 Å². The summed E-state index contributed by atoms with van der Waals surface area (Å²) in [4.78, 5) is 26.1. The van der Waals surface area contributed by atoms with Crippen molar-refractivity contribution in [3.8, 4) is 5.75 Å². The van der Waals surface area contributed by atoms with E-state index in [2.05, 4.69) is 10.6 Å². The zero-order valence-corrected chi connectivity index (χ0v) is 14.5. The minimum atomic E-state index is -0.120. The fraction of sp³-hybridized carbons (Fsp3) is 0.556. The molecule has 1 atom stereocenters. The largest absolute Gasteiger partial charge is 0.494 e. The summed E-state index contributed by atoms with van der Waals surface area (Å²) < 4.78 is 5.47. The van der Waals surface area contributed by atoms with Crippen LogP contribution >= 0.6 is 0 Å². The molecule has 1 aliphatic rings. The van der Waals surface area contributed by atoms with Gasteiger partial charge in [0.2, 0.25) is 5.91 Å². The van der Waals surface area contributed by atoms with E-state index in [4.69, 9.17) is 4.74 Å². The molecule has 1 heterocycles. The molecule has 2 rings (SSSR count). The summed E-state index contributed by atoms with van der Waals surface area (Å²) in [6, 6.07) is 7.58. The SMILES string of the molecule is CCNC(=O)[C@H]1CCCN(C(=O)NCc2cccc(OCC)c2)C1. The third-order valence-corrected chi connectivity index (χ3v) is 4.08. The van der Waals surface area contributed by atoms with E-state index in [9.17, 15) is 9.59 Å². The summed E-state index contributed by atoms with van der Waals surface area (Å²) >= 11 is 0. The van der Waals surface area contributed by atoms with Gasteiger partial charge in [0, 0.05) is 26.2 Å². The Hall–Kier alpha value is -2.24. The van der Waals surface area contributed by atoms with Crippen molar-refractivity contribution in [2.45, 2.75) is 33.2 Å². The molecule has 1 fully saturated rings. The number of nitrogens with one attached hydrogen (secondary N) is 2. The average molecular weight is 333 g/mol. The lowest BCUT2D eigenvalue weighted by molar-refractivity contribution is -0.126. The number of carbonyl (C=O) groups excluding carboxylic acids is 2. The highest BCUT2D eigenvalue weighted by Gasteiger charge is 2.27. The molecular formula is C18H27N3O3. The van der Waals surface area contributed by atoms with E-state index < -0.39 is 0 Å². The minimum absolute atomic E-state index is 0.0411. The Kier molecular flexibility index (Phi) is 6.90. The van der Waals surface area contributed by atoms with Crippen LogP contribution in [0, 0.1) is 5.92 Å². The first-order valence-electron chi connectivity index (χ1n) is 8.66. The molecule has 0 aliphatic carbocycles. The molecule has 0 radical (unpaired) electrons. The van der Waals surface area contributed by atoms with Crippen LogP contribution in [-0.2, 0) is 11.3 Å². The number of nitrogens with zero attached hydrogens (tertiary/aromatic N) is 1. The van der Waals surface area contributed by atoms with E-state index in [0.29, 0.717) is 32.8 Å². The summed E-state index contributed by atoms with van der Waals surface area (Å²) in [6.07, 6.45) is 1.70. The third-order valence-electron chi connectivity index (χ3n) is 4.08. The number of piperidine rings is 1. The Bertz CT molecular complexity index is 562. The standard InChI is InChI=1S/C18H27N3O3/c1-3-19-17(22)15-8-6-10-21(13-15)18(23)20-12-14-7-5-9-16(11-14)24-4-2/h5,7,9,11,15H,3-4,6,8,10,12-13H2,1-2H3,(H,19,22)(H,20,23)/t15-/m0/s1. The van der Waals surface area contributed by atoms with Crippen molar-refractivity contribution in [1.82, 2.24) is 15.5 Å². The molecular weight excluding hydrogens is 306 g/mol. The van der Waals surface area contributed by atoms with E-state index in [-0.39, 0.29) is 17.9 Å². The first kappa shape index (κ1) is 18.1. The first-order valence-corrected chi connectivity index (χ1v) is 8.66. The zero-order chi connectivity index (χ0) is 17.4. The Balaban J connectivity index is 1.85. The van der Waals surface area contributed by atoms with E-state index in [1.165, 1.54) is 0 Å². The van der Waals surface area contributed by atoms with Crippen LogP contribution in [0.3, 0.4) is 0 Å². The summed E-state index contributed by atoms with van der Waals surface area (Å²) in [6.45, 7) is 6.71. The molecule has 0 bridgehead atoms. The fourth-order valence-corrected chi connectivity index (χ4v) is 2.90. The number of ether oxygens (including phenoxy) is 1. The Morgan fingerprint density at radius 1 is 1.29 bits per heavy atom. The van der Waals surface area contributed by atoms with Gasteiger partial charge in [0.25, 0.3) is 0 Å². The molecule has 6 heteroatoms. The van der Waals surface area contributed by atoms with Crippen LogP contribution < -0.4 is 15.4 Å². The highest BCUT2D eigenvalue weighted by molar-refractivity contribution is 5.80. The quantitative estimate of drug-likeness (QED) is 0.838. The number of rotatable bonds is 6. The molecule has 2 N–H and O–H groups in total. The van der Waals surface area contributed by atoms with E-state index in [0.717, 1.165) is 24.2 Å². The number of hydrogen-bond donors (Lipinski definition) is 2. The van der Waals surface area contributed by atoms with Gasteiger partial charge in [-0.3, -0.25) is 4.79 Å². The molecule has 6 nitrogen and oxygen atoms in total. The highest BCUT2D eigenvalue weighted by Crippen LogP contribution is 2.17. The topological polar surface area (TPSA) is 70.7 Å². The molecule has 24 heavy (non-hydrogen) atoms. The van der Waals surface area contributed by atoms with Gasteiger partial charge in [-0.25, -0.2) is 4.79 Å². The number of likely N-dealkylation sites (tertiary alicyclic amines) is 1. The van der Waals surface area contributed by atoms with Gasteiger partial charge in [-0.05, 0) is 44.4 Å². The van der Waals surface area contributed by atoms with Crippen molar-refractivity contribution in [1.29, 1.82) is 0 Å². The van der Waals surface area contributed by atoms with Crippen molar-refractivity contribution < 1.29 is 14.3 Å². The number of hydrogen-bond acceptors (Lipinski definition) is 3. The molecule has 3 amide bonds. The lowest BCUT2D eigenvalue weighted by Crippen LogP contribution is -2.48. The van der Waals surface area contributed by atoms with Gasteiger partial charge >= 0.3 is 6.03 Å². The Labute approximate surface area is 143 Å². The van der Waals surface area contributed by atoms with Gasteiger partial charge in [0.15, 0.2) is 0 Å². The minimum Gasteiger partial charge on any atom is -0.494 e. The number of carbonyl (C=O) groups is 2. The molecule has 1 aromatic carbocycles. The number of benzene rings is 1. The molecule has 1 aromatic rings. The highest BCUT2D eigenvalue weighted by atomic mass is 16.5. The van der Waals surface area contributed by atoms with Crippen LogP contribution in [-0.4, -0.2) is 43.1 Å². The van der Waals surface area contributed by atoms with Crippen LogP contribution in [0.15, 0.2) is 24.3 Å². The fourth-order valence-electron chi connectivity index (χ4n) is 2.90. The monoisotopic (exact) mass is 333 g/mol. The maximum atomic E-state index is 12.4. The van der Waals surface area contributed by atoms with Crippen molar-refractivity contribution in [3.63, 3.8) is 0 Å². The van der Waals surface area contributed by atoms with Crippen molar-refractivity contribution >= 4 is 11.9 Å². The lowest BCUT2D eigenvalue weighted by Gasteiger charge is -2.32. The summed E-state index contributed by atoms with van der Waals surface area (Å²) in [5.74, 6) is 0.740. The third kappa shape index (κ3) is 5.15. The molecule has 132 valence electrons. The van der Waals surface area contributed by atoms with Crippen LogP contribution in [0.1, 0.15) is 32.3 Å². The van der Waals surface area contributed by atoms with Crippen molar-refractivity contribution in [3.05, 3.63) is 29.8 Å². The van der Waals surface area contributed by atoms with Crippen LogP contribution in [0.25, 0.3) is 0 Å². The predicted molar refractivity (Wildman–Crippen MR) is 92.8 cm³/mol. The van der Waals surface area contributed by atoms with Crippen molar-refractivity contribution in [2.24, 2.45) is 5.92 Å². The zero-order valence-electron chi connectivity index (χ0n) is 14.5. The van der Waals surface area contributed by atoms with Gasteiger partial charge in [-0.2, -0.15) is 0 Å². The van der Waals surface area contributed by atoms with E-state index in [1.54, 1.807) is 4.90 Å². The molecule has 0 aromatic heterocycles. The summed E-state index contributed by atoms with van der Waals surface area (Å²) in [7, 11) is 0. The molecule has 1 saturated heterocycles. The second-order valence-electron chi connectivity index (χ2n) is 5.92. The molecule has 0 unspecified atom stereocenters. The number of amides is 3. The normalized spacial score (nSPS) is 17.2. The second kappa shape index (κ2) is 9.15. The molecule has 1 aliphatic heterocycles. The van der Waals surface area contributed by atoms with Crippen LogP contribution in [0.5, 0.6) is 5.75 Å². The first-order chi connectivity index (χ1) is 11.6. The molecule has 0 spiro atoms. The summed E-state index contributed by atoms with van der Waals surface area (Å²) in [5.41, 5.74) is 0.992. The predicted octanol–water partition coefficient (Wildman–Crippen LogP) is 2.14. The van der Waals surface area contributed by atoms with Crippen LogP contribution in [0.2, 0.25) is 0 Å². The molecule has 0 saturated carbocycles. The summed E-state index contributed by atoms with van der Waals surface area (Å²) in [5, 5.41) is 5.77. The van der Waals surface area contributed by atoms with Gasteiger partial charge in [-0.1, -0.05) is 12.1 Å². The lowest BCUT2D eigenvalue weighted by atomic mass is 9.97. The number of urea groups is 1. The smallest absolute Gasteiger partial charge is 0.317 e. The van der Waals surface area contributed by atoms with E-state index >= 15 is 0 Å². The van der Waals surface area contributed by atoms with Gasteiger partial charge < -0.3 is 20.3 Å².